The third-order valence-corrected chi connectivity index (χ3v) is 3.65. The molecule has 1 aliphatic rings. The number of nitrogens with zero attached hydrogens (tertiary/aromatic N) is 3. The summed E-state index contributed by atoms with van der Waals surface area (Å²) in [6.45, 7) is 0.422. The fourth-order valence-corrected chi connectivity index (χ4v) is 2.56. The molecule has 2 N–H and O–H groups in total. The van der Waals surface area contributed by atoms with Gasteiger partial charge in [0.05, 0.1) is 5.92 Å². The lowest BCUT2D eigenvalue weighted by molar-refractivity contribution is -0.142. The van der Waals surface area contributed by atoms with E-state index in [0.29, 0.717) is 25.8 Å². The maximum atomic E-state index is 11.1. The molecule has 1 aromatic carbocycles. The predicted molar refractivity (Wildman–Crippen MR) is 70.4 cm³/mol. The van der Waals surface area contributed by atoms with Crippen LogP contribution in [0.3, 0.4) is 0 Å². The van der Waals surface area contributed by atoms with Gasteiger partial charge in [-0.1, -0.05) is 12.1 Å². The minimum atomic E-state index is -0.771. The smallest absolute Gasteiger partial charge is 0.308 e. The Kier molecular flexibility index (Phi) is 3.14. The molecule has 0 radical (unpaired) electrons. The first-order valence-electron chi connectivity index (χ1n) is 6.55. The van der Waals surface area contributed by atoms with Gasteiger partial charge in [0.25, 0.3) is 0 Å². The second-order valence-corrected chi connectivity index (χ2v) is 5.06. The van der Waals surface area contributed by atoms with Crippen LogP contribution in [0.1, 0.15) is 23.6 Å². The average Bonchev–Trinajstić information content (AvgIpc) is 2.81. The highest BCUT2D eigenvalue weighted by molar-refractivity contribution is 5.70. The van der Waals surface area contributed by atoms with Gasteiger partial charge < -0.3 is 14.8 Å². The topological polar surface area (TPSA) is 88.2 Å². The van der Waals surface area contributed by atoms with Crippen LogP contribution in [0.4, 0.5) is 0 Å². The van der Waals surface area contributed by atoms with Crippen LogP contribution >= 0.6 is 0 Å². The molecule has 20 heavy (non-hydrogen) atoms. The third kappa shape index (κ3) is 2.36. The van der Waals surface area contributed by atoms with Crippen molar-refractivity contribution in [1.82, 2.24) is 14.8 Å². The van der Waals surface area contributed by atoms with Crippen LogP contribution in [-0.4, -0.2) is 30.9 Å². The Bertz CT molecular complexity index is 651. The van der Waals surface area contributed by atoms with E-state index in [9.17, 15) is 9.90 Å². The number of aromatic nitrogens is 3. The first-order valence-corrected chi connectivity index (χ1v) is 6.55. The molecule has 0 spiro atoms. The van der Waals surface area contributed by atoms with Gasteiger partial charge in [0.2, 0.25) is 0 Å². The molecule has 1 aliphatic heterocycles. The summed E-state index contributed by atoms with van der Waals surface area (Å²) in [6, 6.07) is 6.97. The number of phenols is 1. The van der Waals surface area contributed by atoms with E-state index in [-0.39, 0.29) is 11.7 Å². The highest BCUT2D eigenvalue weighted by Gasteiger charge is 2.27. The molecule has 2 heterocycles. The normalized spacial score (nSPS) is 17.7. The molecular weight excluding hydrogens is 258 g/mol. The van der Waals surface area contributed by atoms with Gasteiger partial charge in [0.1, 0.15) is 17.4 Å². The Labute approximate surface area is 115 Å². The lowest BCUT2D eigenvalue weighted by Gasteiger charge is -2.21. The summed E-state index contributed by atoms with van der Waals surface area (Å²) in [5.74, 6) is 0.660. The van der Waals surface area contributed by atoms with Gasteiger partial charge in [-0.25, -0.2) is 0 Å². The first kappa shape index (κ1) is 12.7. The van der Waals surface area contributed by atoms with Gasteiger partial charge in [-0.05, 0) is 24.1 Å². The molecule has 104 valence electrons. The van der Waals surface area contributed by atoms with Crippen molar-refractivity contribution in [2.24, 2.45) is 5.92 Å². The molecule has 0 fully saturated rings. The summed E-state index contributed by atoms with van der Waals surface area (Å²) < 4.78 is 1.90. The molecule has 1 unspecified atom stereocenters. The molecule has 1 aromatic heterocycles. The number of carbonyl (C=O) groups is 1. The van der Waals surface area contributed by atoms with E-state index in [2.05, 4.69) is 10.2 Å². The van der Waals surface area contributed by atoms with Crippen LogP contribution < -0.4 is 0 Å². The Morgan fingerprint density at radius 1 is 1.40 bits per heavy atom. The van der Waals surface area contributed by atoms with Crippen LogP contribution in [0.15, 0.2) is 24.3 Å². The third-order valence-electron chi connectivity index (χ3n) is 3.65. The molecule has 0 saturated heterocycles. The quantitative estimate of drug-likeness (QED) is 0.877. The number of aromatic hydroxyl groups is 1. The molecule has 0 saturated carbocycles. The molecule has 6 nitrogen and oxygen atoms in total. The molecule has 0 aliphatic carbocycles. The van der Waals surface area contributed by atoms with E-state index in [1.807, 2.05) is 10.6 Å². The van der Waals surface area contributed by atoms with E-state index in [1.165, 1.54) is 0 Å². The number of benzene rings is 1. The van der Waals surface area contributed by atoms with E-state index < -0.39 is 5.97 Å². The number of fused-ring (bicyclic) bond motifs is 1. The van der Waals surface area contributed by atoms with Gasteiger partial charge in [-0.2, -0.15) is 0 Å². The monoisotopic (exact) mass is 273 g/mol. The Morgan fingerprint density at radius 2 is 2.25 bits per heavy atom. The van der Waals surface area contributed by atoms with Crippen molar-refractivity contribution in [1.29, 1.82) is 0 Å². The number of aryl methyl sites for hydroxylation is 1. The number of phenolic OH excluding ortho intramolecular Hbond substituents is 1. The van der Waals surface area contributed by atoms with Crippen LogP contribution in [0.5, 0.6) is 5.75 Å². The predicted octanol–water partition coefficient (Wildman–Crippen LogP) is 1.22. The van der Waals surface area contributed by atoms with Crippen LogP contribution in [0, 0.1) is 5.92 Å². The summed E-state index contributed by atoms with van der Waals surface area (Å²) in [5, 5.41) is 26.9. The number of rotatable bonds is 3. The second kappa shape index (κ2) is 4.96. The fourth-order valence-electron chi connectivity index (χ4n) is 2.56. The highest BCUT2D eigenvalue weighted by atomic mass is 16.4. The van der Waals surface area contributed by atoms with Crippen molar-refractivity contribution in [3.05, 3.63) is 41.5 Å². The molecule has 1 atom stereocenters. The maximum absolute atomic E-state index is 11.1. The van der Waals surface area contributed by atoms with E-state index in [1.54, 1.807) is 18.2 Å². The molecule has 0 amide bonds. The molecule has 6 heteroatoms. The van der Waals surface area contributed by atoms with Gasteiger partial charge in [0.15, 0.2) is 0 Å². The average molecular weight is 273 g/mol. The van der Waals surface area contributed by atoms with Crippen molar-refractivity contribution >= 4 is 5.97 Å². The summed E-state index contributed by atoms with van der Waals surface area (Å²) >= 11 is 0. The summed E-state index contributed by atoms with van der Waals surface area (Å²) in [6.07, 6.45) is 1.79. The summed E-state index contributed by atoms with van der Waals surface area (Å²) in [4.78, 5) is 11.1. The highest BCUT2D eigenvalue weighted by Crippen LogP contribution is 2.22. The number of aliphatic carboxylic acids is 1. The zero-order valence-corrected chi connectivity index (χ0v) is 10.9. The van der Waals surface area contributed by atoms with Crippen LogP contribution in [0.2, 0.25) is 0 Å². The van der Waals surface area contributed by atoms with E-state index >= 15 is 0 Å². The van der Waals surface area contributed by atoms with Gasteiger partial charge in [0, 0.05) is 19.4 Å². The number of carboxylic acids is 1. The Balaban J connectivity index is 1.86. The van der Waals surface area contributed by atoms with Crippen molar-refractivity contribution in [3.63, 3.8) is 0 Å². The molecular formula is C14H15N3O3. The number of hydrogen-bond acceptors (Lipinski definition) is 4. The van der Waals surface area contributed by atoms with E-state index in [0.717, 1.165) is 17.2 Å². The van der Waals surface area contributed by atoms with Crippen molar-refractivity contribution in [2.45, 2.75) is 25.8 Å². The minimum absolute atomic E-state index is 0.212. The molecule has 2 aromatic rings. The lowest BCUT2D eigenvalue weighted by atomic mass is 9.99. The zero-order valence-electron chi connectivity index (χ0n) is 10.9. The van der Waals surface area contributed by atoms with E-state index in [4.69, 9.17) is 5.11 Å². The molecule has 0 bridgehead atoms. The summed E-state index contributed by atoms with van der Waals surface area (Å²) in [7, 11) is 0. The van der Waals surface area contributed by atoms with Crippen molar-refractivity contribution in [3.8, 4) is 5.75 Å². The first-order chi connectivity index (χ1) is 9.63. The van der Waals surface area contributed by atoms with Crippen LogP contribution in [0.25, 0.3) is 0 Å². The lowest BCUT2D eigenvalue weighted by Crippen LogP contribution is -2.27. The Morgan fingerprint density at radius 3 is 3.00 bits per heavy atom. The fraction of sp³-hybridized carbons (Fsp3) is 0.357. The number of carboxylic acid groups (broad SMARTS) is 1. The minimum Gasteiger partial charge on any atom is -0.508 e. The van der Waals surface area contributed by atoms with Gasteiger partial charge >= 0.3 is 5.97 Å². The number of hydrogen-bond donors (Lipinski definition) is 2. The van der Waals surface area contributed by atoms with Crippen molar-refractivity contribution < 1.29 is 15.0 Å². The molecule has 3 rings (SSSR count). The standard InChI is InChI=1S/C14H15N3O3/c18-11-3-1-2-9(6-11)7-13-16-15-12-5-4-10(14(19)20)8-17(12)13/h1-3,6,10,18H,4-5,7-8H2,(H,19,20). The summed E-state index contributed by atoms with van der Waals surface area (Å²) in [5.41, 5.74) is 0.928. The maximum Gasteiger partial charge on any atom is 0.308 e. The largest absolute Gasteiger partial charge is 0.508 e. The zero-order chi connectivity index (χ0) is 14.1. The van der Waals surface area contributed by atoms with Crippen LogP contribution in [-0.2, 0) is 24.2 Å². The Hall–Kier alpha value is -2.37. The van der Waals surface area contributed by atoms with Gasteiger partial charge in [-0.3, -0.25) is 4.79 Å². The van der Waals surface area contributed by atoms with Gasteiger partial charge in [-0.15, -0.1) is 10.2 Å². The second-order valence-electron chi connectivity index (χ2n) is 5.06. The SMILES string of the molecule is O=C(O)C1CCc2nnc(Cc3cccc(O)c3)n2C1. The van der Waals surface area contributed by atoms with Crippen molar-refractivity contribution in [2.75, 3.05) is 0 Å².